The van der Waals surface area contributed by atoms with E-state index < -0.39 is 0 Å². The molecule has 0 radical (unpaired) electrons. The number of fused-ring (bicyclic) bond motifs is 4. The molecular formula is C17H15N5O2. The molecule has 1 aliphatic heterocycles. The number of rotatable bonds is 1. The third kappa shape index (κ3) is 1.81. The Bertz CT molecular complexity index is 1140. The smallest absolute Gasteiger partial charge is 0.283 e. The fraction of sp³-hybridized carbons (Fsp3) is 0.235. The minimum absolute atomic E-state index is 0.121. The highest BCUT2D eigenvalue weighted by Crippen LogP contribution is 2.29. The van der Waals surface area contributed by atoms with Crippen LogP contribution < -0.4 is 10.5 Å². The van der Waals surface area contributed by atoms with Crippen molar-refractivity contribution in [2.75, 3.05) is 11.4 Å². The highest BCUT2D eigenvalue weighted by molar-refractivity contribution is 5.91. The Morgan fingerprint density at radius 3 is 3.08 bits per heavy atom. The number of aromatic nitrogens is 4. The Morgan fingerprint density at radius 2 is 2.17 bits per heavy atom. The van der Waals surface area contributed by atoms with Crippen LogP contribution in [0.2, 0.25) is 0 Å². The van der Waals surface area contributed by atoms with E-state index in [2.05, 4.69) is 21.2 Å². The number of para-hydroxylation sites is 1. The van der Waals surface area contributed by atoms with Crippen LogP contribution in [0, 0.1) is 6.92 Å². The Morgan fingerprint density at radius 1 is 1.29 bits per heavy atom. The second-order valence-electron chi connectivity index (χ2n) is 6.11. The largest absolute Gasteiger partial charge is 0.381 e. The molecule has 0 saturated heterocycles. The van der Waals surface area contributed by atoms with Gasteiger partial charge in [-0.2, -0.15) is 10.3 Å². The lowest BCUT2D eigenvalue weighted by molar-refractivity contribution is 0.371. The predicted octanol–water partition coefficient (Wildman–Crippen LogP) is 2.03. The van der Waals surface area contributed by atoms with Crippen molar-refractivity contribution in [1.29, 1.82) is 0 Å². The Labute approximate surface area is 136 Å². The molecule has 1 N–H and O–H groups in total. The highest BCUT2D eigenvalue weighted by atomic mass is 16.5. The third-order valence-corrected chi connectivity index (χ3v) is 4.55. The number of nitrogens with one attached hydrogen (secondary N) is 1. The lowest BCUT2D eigenvalue weighted by atomic mass is 10.1. The summed E-state index contributed by atoms with van der Waals surface area (Å²) in [6, 6.07) is 10.1. The van der Waals surface area contributed by atoms with Crippen molar-refractivity contribution in [3.8, 4) is 0 Å². The molecule has 0 fully saturated rings. The fourth-order valence-corrected chi connectivity index (χ4v) is 3.42. The number of H-pyrrole nitrogens is 1. The minimum Gasteiger partial charge on any atom is -0.381 e. The average Bonchev–Trinajstić information content (AvgIpc) is 3.16. The van der Waals surface area contributed by atoms with Crippen LogP contribution >= 0.6 is 0 Å². The number of anilines is 1. The number of hydrogen-bond donors (Lipinski definition) is 1. The van der Waals surface area contributed by atoms with E-state index in [0.717, 1.165) is 40.2 Å². The standard InChI is InChI=1S/C17H15N5O2/c1-10-8-15-18-16(11-4-2-3-5-13(11)22(15)19-10)21-7-6-12-14(9-21)24-20-17(12)23/h2-5,8H,6-7,9H2,1H3,(H,20,23). The van der Waals surface area contributed by atoms with Crippen LogP contribution in [0.25, 0.3) is 16.6 Å². The van der Waals surface area contributed by atoms with Crippen molar-refractivity contribution >= 4 is 22.4 Å². The predicted molar refractivity (Wildman–Crippen MR) is 89.3 cm³/mol. The molecule has 4 heterocycles. The molecule has 0 bridgehead atoms. The normalized spacial score (nSPS) is 14.5. The molecule has 120 valence electrons. The van der Waals surface area contributed by atoms with Gasteiger partial charge in [0.05, 0.1) is 23.3 Å². The van der Waals surface area contributed by atoms with Gasteiger partial charge in [0.2, 0.25) is 0 Å². The molecule has 1 aromatic carbocycles. The number of benzene rings is 1. The van der Waals surface area contributed by atoms with Gasteiger partial charge in [0.15, 0.2) is 11.4 Å². The molecule has 0 amide bonds. The zero-order chi connectivity index (χ0) is 16.3. The van der Waals surface area contributed by atoms with E-state index >= 15 is 0 Å². The first kappa shape index (κ1) is 13.4. The van der Waals surface area contributed by atoms with Gasteiger partial charge in [-0.1, -0.05) is 12.1 Å². The summed E-state index contributed by atoms with van der Waals surface area (Å²) in [5, 5.41) is 8.00. The van der Waals surface area contributed by atoms with Crippen LogP contribution in [0.4, 0.5) is 5.82 Å². The second-order valence-corrected chi connectivity index (χ2v) is 6.11. The Kier molecular flexibility index (Phi) is 2.62. The van der Waals surface area contributed by atoms with Crippen molar-refractivity contribution in [3.63, 3.8) is 0 Å². The van der Waals surface area contributed by atoms with Crippen LogP contribution in [-0.2, 0) is 13.0 Å². The van der Waals surface area contributed by atoms with Gasteiger partial charge in [-0.25, -0.2) is 9.50 Å². The quantitative estimate of drug-likeness (QED) is 0.580. The van der Waals surface area contributed by atoms with Crippen LogP contribution in [0.1, 0.15) is 17.0 Å². The first-order chi connectivity index (χ1) is 11.7. The SMILES string of the molecule is Cc1cc2nc(N3CCc4c(o[nH]c4=O)C3)c3ccccc3n2n1. The van der Waals surface area contributed by atoms with Gasteiger partial charge >= 0.3 is 0 Å². The zero-order valence-corrected chi connectivity index (χ0v) is 13.1. The first-order valence-electron chi connectivity index (χ1n) is 7.90. The van der Waals surface area contributed by atoms with Gasteiger partial charge in [-0.05, 0) is 25.5 Å². The van der Waals surface area contributed by atoms with Gasteiger partial charge in [-0.15, -0.1) is 0 Å². The second kappa shape index (κ2) is 4.70. The summed E-state index contributed by atoms with van der Waals surface area (Å²) in [5.74, 6) is 1.59. The number of aromatic amines is 1. The molecule has 7 heteroatoms. The Hall–Kier alpha value is -3.09. The summed E-state index contributed by atoms with van der Waals surface area (Å²) in [5.41, 5.74) is 3.40. The topological polar surface area (TPSA) is 79.4 Å². The van der Waals surface area contributed by atoms with Gasteiger partial charge in [-0.3, -0.25) is 4.79 Å². The summed E-state index contributed by atoms with van der Waals surface area (Å²) >= 11 is 0. The number of nitrogens with zero attached hydrogens (tertiary/aromatic N) is 4. The van der Waals surface area contributed by atoms with E-state index in [-0.39, 0.29) is 5.56 Å². The molecule has 4 aromatic rings. The van der Waals surface area contributed by atoms with Gasteiger partial charge in [0.1, 0.15) is 5.82 Å². The van der Waals surface area contributed by atoms with Gasteiger partial charge in [0, 0.05) is 18.0 Å². The van der Waals surface area contributed by atoms with Crippen LogP contribution in [0.5, 0.6) is 0 Å². The van der Waals surface area contributed by atoms with Crippen molar-refractivity contribution in [3.05, 3.63) is 57.7 Å². The van der Waals surface area contributed by atoms with E-state index in [1.165, 1.54) is 0 Å². The molecule has 0 unspecified atom stereocenters. The van der Waals surface area contributed by atoms with E-state index in [1.54, 1.807) is 0 Å². The summed E-state index contributed by atoms with van der Waals surface area (Å²) in [6.07, 6.45) is 0.653. The maximum atomic E-state index is 11.7. The summed E-state index contributed by atoms with van der Waals surface area (Å²) < 4.78 is 7.19. The number of hydrogen-bond acceptors (Lipinski definition) is 5. The molecule has 3 aromatic heterocycles. The molecule has 7 nitrogen and oxygen atoms in total. The Balaban J connectivity index is 1.72. The molecule has 5 rings (SSSR count). The van der Waals surface area contributed by atoms with E-state index in [4.69, 9.17) is 9.51 Å². The van der Waals surface area contributed by atoms with Crippen LogP contribution in [0.15, 0.2) is 39.6 Å². The monoisotopic (exact) mass is 321 g/mol. The average molecular weight is 321 g/mol. The lowest BCUT2D eigenvalue weighted by Gasteiger charge is -2.27. The lowest BCUT2D eigenvalue weighted by Crippen LogP contribution is -2.32. The summed E-state index contributed by atoms with van der Waals surface area (Å²) in [4.78, 5) is 18.7. The van der Waals surface area contributed by atoms with Crippen LogP contribution in [0.3, 0.4) is 0 Å². The van der Waals surface area contributed by atoms with E-state index in [1.807, 2.05) is 35.7 Å². The van der Waals surface area contributed by atoms with Crippen molar-refractivity contribution < 1.29 is 4.52 Å². The molecule has 0 spiro atoms. The summed E-state index contributed by atoms with van der Waals surface area (Å²) in [7, 11) is 0. The summed E-state index contributed by atoms with van der Waals surface area (Å²) in [6.45, 7) is 3.23. The molecule has 0 saturated carbocycles. The fourth-order valence-electron chi connectivity index (χ4n) is 3.42. The van der Waals surface area contributed by atoms with Crippen molar-refractivity contribution in [2.24, 2.45) is 0 Å². The molecule has 24 heavy (non-hydrogen) atoms. The van der Waals surface area contributed by atoms with Crippen molar-refractivity contribution in [1.82, 2.24) is 19.8 Å². The minimum atomic E-state index is -0.121. The molecular weight excluding hydrogens is 306 g/mol. The highest BCUT2D eigenvalue weighted by Gasteiger charge is 2.25. The molecule has 1 aliphatic rings. The van der Waals surface area contributed by atoms with Crippen molar-refractivity contribution in [2.45, 2.75) is 19.9 Å². The van der Waals surface area contributed by atoms with Gasteiger partial charge in [0.25, 0.3) is 5.56 Å². The molecule has 0 aliphatic carbocycles. The molecule has 0 atom stereocenters. The van der Waals surface area contributed by atoms with E-state index in [0.29, 0.717) is 18.7 Å². The number of aryl methyl sites for hydroxylation is 1. The van der Waals surface area contributed by atoms with Crippen LogP contribution in [-0.4, -0.2) is 26.3 Å². The third-order valence-electron chi connectivity index (χ3n) is 4.55. The van der Waals surface area contributed by atoms with E-state index in [9.17, 15) is 4.79 Å². The maximum Gasteiger partial charge on any atom is 0.283 e. The maximum absolute atomic E-state index is 11.7. The zero-order valence-electron chi connectivity index (χ0n) is 13.1. The van der Waals surface area contributed by atoms with Gasteiger partial charge < -0.3 is 9.42 Å². The first-order valence-corrected chi connectivity index (χ1v) is 7.90.